The quantitative estimate of drug-likeness (QED) is 0.195. The Morgan fingerprint density at radius 1 is 0.980 bits per heavy atom. The zero-order chi connectivity index (χ0) is 36.0. The standard InChI is InChI=1S/C39H47ClFN3O6/c1-25(45)43-22-29(23-43)48-19-20-49-34-18-16-30(37(42)46)35(36(34)41)31-21-27(15-17-33(31)40)32(26-11-7-5-8-12-26)24-44(28-13-9-6-10-14-28)38(47)50-39(2,3)4/h5,7-8,11-12,15-18,21,28-29,32H,6,9-10,13-14,19-20,22-24H2,1-4H3,(H2,42,46). The smallest absolute Gasteiger partial charge is 0.410 e. The molecule has 3 aromatic rings. The summed E-state index contributed by atoms with van der Waals surface area (Å²) in [6.07, 6.45) is 4.50. The van der Waals surface area contributed by atoms with E-state index in [0.29, 0.717) is 19.6 Å². The van der Waals surface area contributed by atoms with Gasteiger partial charge in [0.05, 0.1) is 18.3 Å². The van der Waals surface area contributed by atoms with Crippen LogP contribution >= 0.6 is 11.6 Å². The van der Waals surface area contributed by atoms with Crippen LogP contribution < -0.4 is 10.5 Å². The molecule has 5 rings (SSSR count). The maximum Gasteiger partial charge on any atom is 0.410 e. The molecule has 0 aromatic heterocycles. The minimum absolute atomic E-state index is 0.00681. The first kappa shape index (κ1) is 37.1. The Morgan fingerprint density at radius 2 is 1.68 bits per heavy atom. The van der Waals surface area contributed by atoms with Gasteiger partial charge in [-0.3, -0.25) is 9.59 Å². The minimum Gasteiger partial charge on any atom is -0.488 e. The van der Waals surface area contributed by atoms with Gasteiger partial charge in [-0.2, -0.15) is 0 Å². The predicted octanol–water partition coefficient (Wildman–Crippen LogP) is 7.57. The number of nitrogens with two attached hydrogens (primary N) is 1. The number of hydrogen-bond donors (Lipinski definition) is 1. The Bertz CT molecular complexity index is 1670. The highest BCUT2D eigenvalue weighted by atomic mass is 35.5. The van der Waals surface area contributed by atoms with Crippen LogP contribution in [-0.4, -0.2) is 78.3 Å². The molecule has 1 aliphatic carbocycles. The molecule has 1 saturated carbocycles. The van der Waals surface area contributed by atoms with E-state index in [1.54, 1.807) is 17.0 Å². The number of primary amides is 1. The van der Waals surface area contributed by atoms with Crippen LogP contribution in [0.25, 0.3) is 11.1 Å². The predicted molar refractivity (Wildman–Crippen MR) is 191 cm³/mol. The fraction of sp³-hybridized carbons (Fsp3) is 0.462. The molecular weight excluding hydrogens is 661 g/mol. The zero-order valence-electron chi connectivity index (χ0n) is 29.3. The molecule has 2 aliphatic rings. The number of hydrogen-bond acceptors (Lipinski definition) is 6. The van der Waals surface area contributed by atoms with Crippen molar-refractivity contribution in [1.82, 2.24) is 9.80 Å². The molecule has 1 aliphatic heterocycles. The Labute approximate surface area is 298 Å². The zero-order valence-corrected chi connectivity index (χ0v) is 30.0. The number of ether oxygens (including phenoxy) is 3. The van der Waals surface area contributed by atoms with Gasteiger partial charge in [-0.15, -0.1) is 0 Å². The number of nitrogens with zero attached hydrogens (tertiary/aromatic N) is 2. The summed E-state index contributed by atoms with van der Waals surface area (Å²) in [5.74, 6) is -2.01. The van der Waals surface area contributed by atoms with Crippen molar-refractivity contribution in [3.8, 4) is 16.9 Å². The average molecular weight is 708 g/mol. The summed E-state index contributed by atoms with van der Waals surface area (Å²) >= 11 is 6.76. The Kier molecular flexibility index (Phi) is 12.1. The largest absolute Gasteiger partial charge is 0.488 e. The topological polar surface area (TPSA) is 111 Å². The van der Waals surface area contributed by atoms with Gasteiger partial charge < -0.3 is 29.7 Å². The molecule has 1 saturated heterocycles. The number of halogens is 2. The van der Waals surface area contributed by atoms with Crippen LogP contribution in [0.5, 0.6) is 5.75 Å². The summed E-state index contributed by atoms with van der Waals surface area (Å²) in [4.78, 5) is 41.3. The van der Waals surface area contributed by atoms with Crippen LogP contribution in [0.3, 0.4) is 0 Å². The second-order valence-corrected chi connectivity index (χ2v) is 14.5. The molecule has 3 amide bonds. The number of rotatable bonds is 12. The molecule has 11 heteroatoms. The highest BCUT2D eigenvalue weighted by Gasteiger charge is 2.33. The van der Waals surface area contributed by atoms with Crippen molar-refractivity contribution < 1.29 is 33.0 Å². The number of benzene rings is 3. The Balaban J connectivity index is 1.47. The van der Waals surface area contributed by atoms with Gasteiger partial charge in [-0.1, -0.05) is 67.3 Å². The average Bonchev–Trinajstić information content (AvgIpc) is 3.05. The normalized spacial score (nSPS) is 16.0. The maximum absolute atomic E-state index is 16.4. The van der Waals surface area contributed by atoms with Gasteiger partial charge in [0.15, 0.2) is 11.6 Å². The lowest BCUT2D eigenvalue weighted by molar-refractivity contribution is -0.143. The second-order valence-electron chi connectivity index (χ2n) is 14.1. The van der Waals surface area contributed by atoms with E-state index in [9.17, 15) is 14.4 Å². The number of carbonyl (C=O) groups is 3. The van der Waals surface area contributed by atoms with E-state index < -0.39 is 17.3 Å². The van der Waals surface area contributed by atoms with Gasteiger partial charge >= 0.3 is 6.09 Å². The van der Waals surface area contributed by atoms with Crippen molar-refractivity contribution >= 4 is 29.5 Å². The maximum atomic E-state index is 16.4. The van der Waals surface area contributed by atoms with E-state index in [2.05, 4.69) is 0 Å². The molecule has 2 fully saturated rings. The van der Waals surface area contributed by atoms with Crippen molar-refractivity contribution in [2.24, 2.45) is 5.73 Å². The summed E-state index contributed by atoms with van der Waals surface area (Å²) in [5, 5.41) is 0.221. The van der Waals surface area contributed by atoms with E-state index >= 15 is 4.39 Å². The first-order valence-corrected chi connectivity index (χ1v) is 17.7. The number of carbonyl (C=O) groups excluding carboxylic acids is 3. The summed E-state index contributed by atoms with van der Waals surface area (Å²) in [5.41, 5.74) is 6.98. The molecule has 268 valence electrons. The molecule has 0 bridgehead atoms. The molecule has 50 heavy (non-hydrogen) atoms. The third-order valence-corrected chi connectivity index (χ3v) is 9.58. The van der Waals surface area contributed by atoms with Gasteiger partial charge in [0.2, 0.25) is 11.8 Å². The van der Waals surface area contributed by atoms with E-state index in [1.165, 1.54) is 19.1 Å². The summed E-state index contributed by atoms with van der Waals surface area (Å²) in [7, 11) is 0. The monoisotopic (exact) mass is 707 g/mol. The second kappa shape index (κ2) is 16.2. The highest BCUT2D eigenvalue weighted by molar-refractivity contribution is 6.33. The number of likely N-dealkylation sites (tertiary alicyclic amines) is 1. The molecule has 1 unspecified atom stereocenters. The summed E-state index contributed by atoms with van der Waals surface area (Å²) in [6, 6.07) is 17.9. The van der Waals surface area contributed by atoms with E-state index in [1.807, 2.05) is 62.1 Å². The van der Waals surface area contributed by atoms with Gasteiger partial charge in [-0.25, -0.2) is 9.18 Å². The first-order chi connectivity index (χ1) is 23.8. The molecule has 1 heterocycles. The van der Waals surface area contributed by atoms with Crippen LogP contribution in [-0.2, 0) is 14.3 Å². The fourth-order valence-corrected chi connectivity index (χ4v) is 6.84. The Morgan fingerprint density at radius 3 is 2.32 bits per heavy atom. The fourth-order valence-electron chi connectivity index (χ4n) is 6.63. The lowest BCUT2D eigenvalue weighted by Gasteiger charge is -2.38. The third-order valence-electron chi connectivity index (χ3n) is 9.25. The summed E-state index contributed by atoms with van der Waals surface area (Å²) < 4.78 is 33.8. The molecule has 1 atom stereocenters. The molecule has 0 radical (unpaired) electrons. The van der Waals surface area contributed by atoms with Crippen molar-refractivity contribution in [3.05, 3.63) is 88.2 Å². The van der Waals surface area contributed by atoms with Crippen LogP contribution in [0.4, 0.5) is 9.18 Å². The van der Waals surface area contributed by atoms with E-state index in [4.69, 9.17) is 31.5 Å². The molecular formula is C39H47ClFN3O6. The van der Waals surface area contributed by atoms with E-state index in [0.717, 1.165) is 43.2 Å². The van der Waals surface area contributed by atoms with Crippen LogP contribution in [0.15, 0.2) is 60.7 Å². The van der Waals surface area contributed by atoms with Crippen molar-refractivity contribution in [1.29, 1.82) is 0 Å². The van der Waals surface area contributed by atoms with Crippen molar-refractivity contribution in [2.45, 2.75) is 83.5 Å². The minimum atomic E-state index is -0.816. The highest BCUT2D eigenvalue weighted by Crippen LogP contribution is 2.40. The lowest BCUT2D eigenvalue weighted by Crippen LogP contribution is -2.54. The van der Waals surface area contributed by atoms with Gasteiger partial charge in [0, 0.05) is 54.7 Å². The molecule has 3 aromatic carbocycles. The molecule has 2 N–H and O–H groups in total. The van der Waals surface area contributed by atoms with Crippen LogP contribution in [0.2, 0.25) is 5.02 Å². The van der Waals surface area contributed by atoms with Crippen LogP contribution in [0, 0.1) is 5.82 Å². The summed E-state index contributed by atoms with van der Waals surface area (Å²) in [6.45, 7) is 8.67. The van der Waals surface area contributed by atoms with Gasteiger partial charge in [-0.05, 0) is 69.0 Å². The number of amides is 3. The first-order valence-electron chi connectivity index (χ1n) is 17.3. The molecule has 0 spiro atoms. The SMILES string of the molecule is CC(=O)N1CC(OCCOc2ccc(C(N)=O)c(-c3cc(C(CN(C(=O)OC(C)(C)C)C4CCCCC4)c4ccccc4)ccc3Cl)c2F)C1. The Hall–Kier alpha value is -4.15. The van der Waals surface area contributed by atoms with Crippen molar-refractivity contribution in [3.63, 3.8) is 0 Å². The van der Waals surface area contributed by atoms with Crippen LogP contribution in [0.1, 0.15) is 87.2 Å². The molecule has 9 nitrogen and oxygen atoms in total. The van der Waals surface area contributed by atoms with Gasteiger partial charge in [0.25, 0.3) is 0 Å². The van der Waals surface area contributed by atoms with E-state index in [-0.39, 0.29) is 70.7 Å². The third kappa shape index (κ3) is 9.14. The van der Waals surface area contributed by atoms with Gasteiger partial charge in [0.1, 0.15) is 12.2 Å². The lowest BCUT2D eigenvalue weighted by atomic mass is 9.86. The van der Waals surface area contributed by atoms with Crippen molar-refractivity contribution in [2.75, 3.05) is 32.8 Å².